The van der Waals surface area contributed by atoms with Crippen LogP contribution in [0.5, 0.6) is 5.75 Å². The molecule has 3 aromatic rings. The number of pyridine rings is 1. The number of carboxylic acid groups (broad SMARTS) is 1. The van der Waals surface area contributed by atoms with Crippen molar-refractivity contribution in [1.29, 1.82) is 0 Å². The Balaban J connectivity index is 1.33. The highest BCUT2D eigenvalue weighted by Gasteiger charge is 2.15. The van der Waals surface area contributed by atoms with Crippen molar-refractivity contribution >= 4 is 11.8 Å². The van der Waals surface area contributed by atoms with Gasteiger partial charge in [0.2, 0.25) is 5.89 Å². The first kappa shape index (κ1) is 25.4. The fraction of sp³-hybridized carbons (Fsp3) is 0.393. The fourth-order valence-corrected chi connectivity index (χ4v) is 4.42. The average Bonchev–Trinajstić information content (AvgIpc) is 3.25. The Labute approximate surface area is 212 Å². The van der Waals surface area contributed by atoms with Gasteiger partial charge in [-0.05, 0) is 56.0 Å². The number of carboxylic acids is 1. The normalized spacial score (nSPS) is 13.7. The summed E-state index contributed by atoms with van der Waals surface area (Å²) < 4.78 is 11.9. The van der Waals surface area contributed by atoms with Crippen LogP contribution in [0.1, 0.15) is 36.3 Å². The van der Waals surface area contributed by atoms with Gasteiger partial charge in [-0.2, -0.15) is 0 Å². The Morgan fingerprint density at radius 3 is 2.81 bits per heavy atom. The molecular weight excluding hydrogens is 456 g/mol. The van der Waals surface area contributed by atoms with Crippen molar-refractivity contribution in [2.45, 2.75) is 39.2 Å². The molecule has 1 N–H and O–H groups in total. The third kappa shape index (κ3) is 6.95. The van der Waals surface area contributed by atoms with E-state index in [0.717, 1.165) is 47.2 Å². The predicted octanol–water partition coefficient (Wildman–Crippen LogP) is 4.73. The van der Waals surface area contributed by atoms with Crippen LogP contribution in [0, 0.1) is 6.92 Å². The molecule has 1 aromatic carbocycles. The molecule has 1 saturated heterocycles. The van der Waals surface area contributed by atoms with Crippen LogP contribution in [0.25, 0.3) is 11.5 Å². The van der Waals surface area contributed by atoms with Gasteiger partial charge in [0.25, 0.3) is 0 Å². The van der Waals surface area contributed by atoms with Gasteiger partial charge in [0.05, 0.1) is 24.4 Å². The van der Waals surface area contributed by atoms with Crippen LogP contribution in [-0.2, 0) is 17.8 Å². The Hall–Kier alpha value is -3.65. The van der Waals surface area contributed by atoms with E-state index in [1.807, 2.05) is 54.4 Å². The Morgan fingerprint density at radius 2 is 2.08 bits per heavy atom. The lowest BCUT2D eigenvalue weighted by Gasteiger charge is -2.27. The third-order valence-electron chi connectivity index (χ3n) is 6.23. The molecule has 8 heteroatoms. The maximum absolute atomic E-state index is 11.1. The van der Waals surface area contributed by atoms with E-state index >= 15 is 0 Å². The molecule has 0 aliphatic carbocycles. The highest BCUT2D eigenvalue weighted by atomic mass is 16.5. The molecule has 0 bridgehead atoms. The number of hydrogen-bond donors (Lipinski definition) is 1. The lowest BCUT2D eigenvalue weighted by molar-refractivity contribution is -0.138. The minimum Gasteiger partial charge on any atom is -0.493 e. The zero-order chi connectivity index (χ0) is 25.3. The van der Waals surface area contributed by atoms with Crippen molar-refractivity contribution in [2.75, 3.05) is 37.7 Å². The maximum Gasteiger partial charge on any atom is 0.317 e. The van der Waals surface area contributed by atoms with Crippen LogP contribution in [-0.4, -0.2) is 58.7 Å². The Kier molecular flexibility index (Phi) is 8.73. The molecule has 190 valence electrons. The highest BCUT2D eigenvalue weighted by Crippen LogP contribution is 2.25. The Morgan fingerprint density at radius 1 is 1.25 bits per heavy atom. The standard InChI is InChI=1S/C28H34N4O4/c1-3-13-31(20-27(33)34)19-22-8-7-9-24(17-22)35-16-12-25-21(2)36-28(30-25)23-10-11-26(29-18-23)32-14-5-4-6-15-32/h3,7-11,17-18H,1,4-6,12-16,19-20H2,2H3,(H,33,34). The molecular formula is C28H34N4O4. The van der Waals surface area contributed by atoms with E-state index in [0.29, 0.717) is 32.0 Å². The summed E-state index contributed by atoms with van der Waals surface area (Å²) in [6.07, 6.45) is 7.88. The van der Waals surface area contributed by atoms with Gasteiger partial charge >= 0.3 is 5.97 Å². The van der Waals surface area contributed by atoms with E-state index in [9.17, 15) is 4.79 Å². The van der Waals surface area contributed by atoms with Gasteiger partial charge in [0.1, 0.15) is 17.3 Å². The molecule has 1 fully saturated rings. The number of aromatic nitrogens is 2. The fourth-order valence-electron chi connectivity index (χ4n) is 4.42. The van der Waals surface area contributed by atoms with Gasteiger partial charge in [-0.1, -0.05) is 18.2 Å². The van der Waals surface area contributed by atoms with Crippen molar-refractivity contribution in [2.24, 2.45) is 0 Å². The van der Waals surface area contributed by atoms with Gasteiger partial charge in [-0.3, -0.25) is 9.69 Å². The Bertz CT molecular complexity index is 1150. The molecule has 8 nitrogen and oxygen atoms in total. The lowest BCUT2D eigenvalue weighted by Crippen LogP contribution is -2.29. The number of oxazole rings is 1. The topological polar surface area (TPSA) is 91.9 Å². The van der Waals surface area contributed by atoms with Gasteiger partial charge in [0.15, 0.2) is 0 Å². The average molecular weight is 491 g/mol. The summed E-state index contributed by atoms with van der Waals surface area (Å²) in [5.41, 5.74) is 2.71. The first-order valence-corrected chi connectivity index (χ1v) is 12.5. The van der Waals surface area contributed by atoms with Gasteiger partial charge in [-0.25, -0.2) is 9.97 Å². The lowest BCUT2D eigenvalue weighted by atomic mass is 10.1. The van der Waals surface area contributed by atoms with Crippen molar-refractivity contribution in [3.63, 3.8) is 0 Å². The smallest absolute Gasteiger partial charge is 0.317 e. The van der Waals surface area contributed by atoms with E-state index in [-0.39, 0.29) is 6.54 Å². The van der Waals surface area contributed by atoms with E-state index in [4.69, 9.17) is 14.3 Å². The molecule has 1 aliphatic heterocycles. The third-order valence-corrected chi connectivity index (χ3v) is 6.23. The zero-order valence-electron chi connectivity index (χ0n) is 20.9. The molecule has 0 atom stereocenters. The second-order valence-electron chi connectivity index (χ2n) is 9.07. The molecule has 3 heterocycles. The van der Waals surface area contributed by atoms with Crippen LogP contribution >= 0.6 is 0 Å². The quantitative estimate of drug-likeness (QED) is 0.364. The number of benzene rings is 1. The molecule has 0 spiro atoms. The summed E-state index contributed by atoms with van der Waals surface area (Å²) in [5.74, 6) is 2.23. The number of nitrogens with zero attached hydrogens (tertiary/aromatic N) is 4. The molecule has 0 radical (unpaired) electrons. The second-order valence-corrected chi connectivity index (χ2v) is 9.07. The van der Waals surface area contributed by atoms with Gasteiger partial charge < -0.3 is 19.2 Å². The highest BCUT2D eigenvalue weighted by molar-refractivity contribution is 5.69. The van der Waals surface area contributed by atoms with Crippen molar-refractivity contribution in [1.82, 2.24) is 14.9 Å². The van der Waals surface area contributed by atoms with Crippen molar-refractivity contribution in [3.05, 3.63) is 72.3 Å². The van der Waals surface area contributed by atoms with E-state index in [1.165, 1.54) is 19.3 Å². The molecule has 36 heavy (non-hydrogen) atoms. The van der Waals surface area contributed by atoms with Crippen molar-refractivity contribution < 1.29 is 19.1 Å². The summed E-state index contributed by atoms with van der Waals surface area (Å²) >= 11 is 0. The number of rotatable bonds is 12. The zero-order valence-corrected chi connectivity index (χ0v) is 20.9. The molecule has 4 rings (SSSR count). The first-order valence-electron chi connectivity index (χ1n) is 12.5. The first-order chi connectivity index (χ1) is 17.5. The minimum atomic E-state index is -0.861. The molecule has 0 unspecified atom stereocenters. The van der Waals surface area contributed by atoms with Crippen LogP contribution in [0.2, 0.25) is 0 Å². The summed E-state index contributed by atoms with van der Waals surface area (Å²) in [6.45, 7) is 9.17. The largest absolute Gasteiger partial charge is 0.493 e. The minimum absolute atomic E-state index is 0.0403. The number of aliphatic carboxylic acids is 1. The van der Waals surface area contributed by atoms with Crippen LogP contribution in [0.3, 0.4) is 0 Å². The predicted molar refractivity (Wildman–Crippen MR) is 139 cm³/mol. The number of piperidine rings is 1. The second kappa shape index (κ2) is 12.4. The van der Waals surface area contributed by atoms with Crippen LogP contribution in [0.4, 0.5) is 5.82 Å². The number of ether oxygens (including phenoxy) is 1. The maximum atomic E-state index is 11.1. The van der Waals surface area contributed by atoms with E-state index in [2.05, 4.69) is 21.4 Å². The molecule has 0 saturated carbocycles. The summed E-state index contributed by atoms with van der Waals surface area (Å²) in [5, 5.41) is 9.11. The number of aryl methyl sites for hydroxylation is 1. The van der Waals surface area contributed by atoms with Crippen LogP contribution < -0.4 is 9.64 Å². The molecule has 0 amide bonds. The SMILES string of the molecule is C=CCN(CC(=O)O)Cc1cccc(OCCc2nc(-c3ccc(N4CCCCC4)nc3)oc2C)c1. The van der Waals surface area contributed by atoms with Crippen molar-refractivity contribution in [3.8, 4) is 17.2 Å². The molecule has 1 aliphatic rings. The van der Waals surface area contributed by atoms with Gasteiger partial charge in [0, 0.05) is 38.8 Å². The number of carbonyl (C=O) groups is 1. The van der Waals surface area contributed by atoms with Crippen LogP contribution in [0.15, 0.2) is 59.7 Å². The van der Waals surface area contributed by atoms with E-state index in [1.54, 1.807) is 6.08 Å². The summed E-state index contributed by atoms with van der Waals surface area (Å²) in [6, 6.07) is 11.8. The van der Waals surface area contributed by atoms with Gasteiger partial charge in [-0.15, -0.1) is 6.58 Å². The van der Waals surface area contributed by atoms with E-state index < -0.39 is 5.97 Å². The monoisotopic (exact) mass is 490 g/mol. The summed E-state index contributed by atoms with van der Waals surface area (Å²) in [4.78, 5) is 24.6. The number of hydrogen-bond acceptors (Lipinski definition) is 7. The molecule has 2 aromatic heterocycles. The summed E-state index contributed by atoms with van der Waals surface area (Å²) in [7, 11) is 0. The number of anilines is 1.